The lowest BCUT2D eigenvalue weighted by Gasteiger charge is -2.46. The molecule has 23 heteroatoms. The molecule has 1 aliphatic rings. The third-order valence-electron chi connectivity index (χ3n) is 7.04. The topological polar surface area (TPSA) is 301 Å². The molecule has 0 saturated carbocycles. The SMILES string of the molecule is CC(=O)OC[C@H]1O[C@@H](O[C@@H]([C@H](OC(C)=O)[C@@H](OC(C)=O)C(=O)NCC(C)(C)[N+](=O)[O-])[C@@H](COC(C)=O)OC(C)=O)[C@H](OC(C)=O)[C@@H](OC(C)=O)[C@H]1OC(C)=O. The first-order chi connectivity index (χ1) is 25.4. The van der Waals surface area contributed by atoms with Crippen LogP contribution in [0.2, 0.25) is 0 Å². The Kier molecular flexibility index (Phi) is 18.5. The van der Waals surface area contributed by atoms with E-state index in [1.54, 1.807) is 0 Å². The number of amides is 1. The fourth-order valence-electron chi connectivity index (χ4n) is 4.85. The first-order valence-corrected chi connectivity index (χ1v) is 16.4. The Morgan fingerprint density at radius 1 is 0.655 bits per heavy atom. The van der Waals surface area contributed by atoms with Gasteiger partial charge in [0.2, 0.25) is 11.6 Å². The van der Waals surface area contributed by atoms with Crippen molar-refractivity contribution in [1.29, 1.82) is 0 Å². The molecule has 1 rings (SSSR count). The number of ether oxygens (including phenoxy) is 10. The number of carbonyl (C=O) groups excluding carboxylic acids is 9. The van der Waals surface area contributed by atoms with E-state index in [-0.39, 0.29) is 0 Å². The van der Waals surface area contributed by atoms with Gasteiger partial charge in [-0.3, -0.25) is 53.3 Å². The van der Waals surface area contributed by atoms with Gasteiger partial charge < -0.3 is 52.7 Å². The summed E-state index contributed by atoms with van der Waals surface area (Å²) in [4.78, 5) is 123. The lowest BCUT2D eigenvalue weighted by Crippen LogP contribution is -2.65. The van der Waals surface area contributed by atoms with Crippen molar-refractivity contribution < 1.29 is 95.4 Å². The Labute approximate surface area is 314 Å². The van der Waals surface area contributed by atoms with Crippen LogP contribution >= 0.6 is 0 Å². The minimum atomic E-state index is -2.28. The van der Waals surface area contributed by atoms with Gasteiger partial charge >= 0.3 is 47.8 Å². The van der Waals surface area contributed by atoms with Crippen molar-refractivity contribution in [1.82, 2.24) is 5.32 Å². The monoisotopic (exact) mass is 794 g/mol. The smallest absolute Gasteiger partial charge is 0.303 e. The molecule has 9 atom stereocenters. The summed E-state index contributed by atoms with van der Waals surface area (Å²) in [5.74, 6) is -9.55. The maximum atomic E-state index is 13.7. The highest BCUT2D eigenvalue weighted by Gasteiger charge is 2.56. The highest BCUT2D eigenvalue weighted by atomic mass is 16.8. The summed E-state index contributed by atoms with van der Waals surface area (Å²) < 4.78 is 54.4. The molecule has 1 fully saturated rings. The van der Waals surface area contributed by atoms with E-state index in [4.69, 9.17) is 47.4 Å². The number of hydrogen-bond donors (Lipinski definition) is 1. The third kappa shape index (κ3) is 16.2. The van der Waals surface area contributed by atoms with Crippen molar-refractivity contribution in [3.8, 4) is 0 Å². The molecule has 55 heavy (non-hydrogen) atoms. The van der Waals surface area contributed by atoms with E-state index in [1.807, 2.05) is 0 Å². The van der Waals surface area contributed by atoms with Crippen molar-refractivity contribution in [2.45, 2.75) is 130 Å². The fourth-order valence-corrected chi connectivity index (χ4v) is 4.85. The van der Waals surface area contributed by atoms with Gasteiger partial charge in [-0.2, -0.15) is 0 Å². The van der Waals surface area contributed by atoms with Gasteiger partial charge in [-0.15, -0.1) is 0 Å². The van der Waals surface area contributed by atoms with Crippen LogP contribution in [0, 0.1) is 10.1 Å². The van der Waals surface area contributed by atoms with Gasteiger partial charge in [-0.05, 0) is 0 Å². The minimum Gasteiger partial charge on any atom is -0.463 e. The number of carbonyl (C=O) groups is 9. The molecule has 0 aromatic heterocycles. The largest absolute Gasteiger partial charge is 0.463 e. The van der Waals surface area contributed by atoms with Gasteiger partial charge in [-0.1, -0.05) is 0 Å². The van der Waals surface area contributed by atoms with Crippen molar-refractivity contribution in [3.63, 3.8) is 0 Å². The summed E-state index contributed by atoms with van der Waals surface area (Å²) in [5, 5.41) is 13.8. The zero-order chi connectivity index (χ0) is 42.4. The van der Waals surface area contributed by atoms with E-state index < -0.39 is 139 Å². The first kappa shape index (κ1) is 47.6. The average molecular weight is 795 g/mol. The maximum Gasteiger partial charge on any atom is 0.303 e. The molecule has 0 bridgehead atoms. The summed E-state index contributed by atoms with van der Waals surface area (Å²) >= 11 is 0. The Hall–Kier alpha value is -5.45. The highest BCUT2D eigenvalue weighted by Crippen LogP contribution is 2.33. The normalized spacial score (nSPS) is 21.5. The van der Waals surface area contributed by atoms with Gasteiger partial charge in [0.05, 0.1) is 6.54 Å². The van der Waals surface area contributed by atoms with E-state index in [0.717, 1.165) is 69.2 Å². The molecule has 0 aliphatic carbocycles. The number of rotatable bonds is 19. The lowest BCUT2D eigenvalue weighted by atomic mass is 9.97. The third-order valence-corrected chi connectivity index (χ3v) is 7.04. The van der Waals surface area contributed by atoms with Gasteiger partial charge in [0, 0.05) is 74.2 Å². The lowest BCUT2D eigenvalue weighted by molar-refractivity contribution is -0.557. The molecule has 1 N–H and O–H groups in total. The first-order valence-electron chi connectivity index (χ1n) is 16.4. The molecule has 1 heterocycles. The zero-order valence-corrected chi connectivity index (χ0v) is 31.8. The van der Waals surface area contributed by atoms with Gasteiger partial charge in [-0.25, -0.2) is 0 Å². The van der Waals surface area contributed by atoms with Crippen molar-refractivity contribution >= 4 is 53.7 Å². The predicted octanol–water partition coefficient (Wildman–Crippen LogP) is -1.02. The second-order valence-electron chi connectivity index (χ2n) is 12.5. The summed E-state index contributed by atoms with van der Waals surface area (Å²) in [6, 6.07) is 0. The zero-order valence-electron chi connectivity index (χ0n) is 31.8. The van der Waals surface area contributed by atoms with Crippen molar-refractivity contribution in [3.05, 3.63) is 10.1 Å². The summed E-state index contributed by atoms with van der Waals surface area (Å²) in [5.41, 5.74) is -1.78. The second-order valence-corrected chi connectivity index (χ2v) is 12.5. The van der Waals surface area contributed by atoms with Crippen molar-refractivity contribution in [2.24, 2.45) is 0 Å². The standard InChI is InChI=1S/C32H46N2O21/c1-14(35)46-11-22(48-16(3)37)25(26(50-18(5)39)28(52-20(7)41)30(43)33-13-32(9,10)34(44)45)55-31-29(53-21(8)42)27(51-19(6)40)24(49-17(4)38)23(54-31)12-47-15(2)36/h22-29,31H,11-13H2,1-10H3,(H,33,43)/t22-,23-,24+,25-,26+,27+,28-,29-,31+/m1/s1. The Morgan fingerprint density at radius 3 is 1.60 bits per heavy atom. The van der Waals surface area contributed by atoms with Crippen LogP contribution in [0.5, 0.6) is 0 Å². The van der Waals surface area contributed by atoms with E-state index >= 15 is 0 Å². The van der Waals surface area contributed by atoms with Crippen LogP contribution in [0.1, 0.15) is 69.2 Å². The maximum absolute atomic E-state index is 13.7. The van der Waals surface area contributed by atoms with Crippen LogP contribution < -0.4 is 5.32 Å². The van der Waals surface area contributed by atoms with Gasteiger partial charge in [0.25, 0.3) is 5.91 Å². The van der Waals surface area contributed by atoms with Gasteiger partial charge in [0.1, 0.15) is 25.4 Å². The molecule has 310 valence electrons. The Bertz CT molecular complexity index is 1460. The van der Waals surface area contributed by atoms with E-state index in [9.17, 15) is 53.3 Å². The average Bonchev–Trinajstić information content (AvgIpc) is 3.03. The molecule has 1 saturated heterocycles. The summed E-state index contributed by atoms with van der Waals surface area (Å²) in [7, 11) is 0. The second kappa shape index (κ2) is 21.4. The van der Waals surface area contributed by atoms with Crippen LogP contribution in [0.3, 0.4) is 0 Å². The number of nitrogens with zero attached hydrogens (tertiary/aromatic N) is 1. The molecule has 1 amide bonds. The van der Waals surface area contributed by atoms with Crippen molar-refractivity contribution in [2.75, 3.05) is 19.8 Å². The van der Waals surface area contributed by atoms with Crippen LogP contribution in [-0.2, 0) is 90.5 Å². The van der Waals surface area contributed by atoms with E-state index in [2.05, 4.69) is 5.32 Å². The number of hydrogen-bond acceptors (Lipinski definition) is 21. The molecule has 0 spiro atoms. The quantitative estimate of drug-likeness (QED) is 0.0708. The molecule has 0 aromatic carbocycles. The van der Waals surface area contributed by atoms with Crippen LogP contribution in [0.4, 0.5) is 0 Å². The van der Waals surface area contributed by atoms with Crippen LogP contribution in [0.25, 0.3) is 0 Å². The van der Waals surface area contributed by atoms with Crippen LogP contribution in [-0.4, -0.2) is 139 Å². The molecule has 23 nitrogen and oxygen atoms in total. The molecule has 1 aliphatic heterocycles. The van der Waals surface area contributed by atoms with E-state index in [0.29, 0.717) is 0 Å². The Balaban J connectivity index is 4.18. The molecule has 0 radical (unpaired) electrons. The molecular weight excluding hydrogens is 748 g/mol. The number of nitro groups is 1. The molecular formula is C32H46N2O21. The number of esters is 8. The molecule has 0 aromatic rings. The van der Waals surface area contributed by atoms with Crippen LogP contribution in [0.15, 0.2) is 0 Å². The van der Waals surface area contributed by atoms with Gasteiger partial charge in [0.15, 0.2) is 36.8 Å². The number of nitrogens with one attached hydrogen (secondary N) is 1. The predicted molar refractivity (Wildman–Crippen MR) is 174 cm³/mol. The highest BCUT2D eigenvalue weighted by molar-refractivity contribution is 5.84. The minimum absolute atomic E-state index is 0.671. The summed E-state index contributed by atoms with van der Waals surface area (Å²) in [6.07, 6.45) is -17.7. The summed E-state index contributed by atoms with van der Waals surface area (Å²) in [6.45, 7) is 7.45. The fraction of sp³-hybridized carbons (Fsp3) is 0.719. The molecule has 0 unspecified atom stereocenters. The van der Waals surface area contributed by atoms with E-state index in [1.165, 1.54) is 0 Å². The Morgan fingerprint density at radius 2 is 1.15 bits per heavy atom.